The van der Waals surface area contributed by atoms with Crippen molar-refractivity contribution in [3.63, 3.8) is 0 Å². The van der Waals surface area contributed by atoms with Crippen LogP contribution >= 0.6 is 11.8 Å². The van der Waals surface area contributed by atoms with Crippen LogP contribution in [0, 0.1) is 0 Å². The number of thioether (sulfide) groups is 1. The van der Waals surface area contributed by atoms with E-state index in [0.717, 1.165) is 17.9 Å². The second kappa shape index (κ2) is 6.37. The van der Waals surface area contributed by atoms with Crippen molar-refractivity contribution in [1.82, 2.24) is 10.1 Å². The van der Waals surface area contributed by atoms with E-state index >= 15 is 0 Å². The molecule has 2 heterocycles. The largest absolute Gasteiger partial charge is 0.392 e. The van der Waals surface area contributed by atoms with Crippen molar-refractivity contribution in [3.8, 4) is 0 Å². The molecule has 6 heteroatoms. The molecule has 0 aliphatic carbocycles. The van der Waals surface area contributed by atoms with Gasteiger partial charge in [-0.05, 0) is 18.6 Å². The lowest BCUT2D eigenvalue weighted by Gasteiger charge is -2.24. The summed E-state index contributed by atoms with van der Waals surface area (Å²) in [4.78, 5) is 4.32. The average molecular weight is 258 g/mol. The summed E-state index contributed by atoms with van der Waals surface area (Å²) < 4.78 is 10.5. The van der Waals surface area contributed by atoms with E-state index < -0.39 is 6.10 Å². The van der Waals surface area contributed by atoms with Crippen LogP contribution in [0.25, 0.3) is 0 Å². The third-order valence-electron chi connectivity index (χ3n) is 2.70. The highest BCUT2D eigenvalue weighted by Crippen LogP contribution is 2.25. The Kier molecular flexibility index (Phi) is 4.82. The quantitative estimate of drug-likeness (QED) is 0.809. The molecular weight excluding hydrogens is 240 g/mol. The van der Waals surface area contributed by atoms with Crippen LogP contribution < -0.4 is 0 Å². The SMILES string of the molecule is CCCSCc1noc(C2COCCC2O)n1. The molecule has 1 aromatic heterocycles. The van der Waals surface area contributed by atoms with E-state index in [1.165, 1.54) is 0 Å². The van der Waals surface area contributed by atoms with Gasteiger partial charge in [-0.3, -0.25) is 0 Å². The first-order valence-electron chi connectivity index (χ1n) is 5.97. The molecule has 5 nitrogen and oxygen atoms in total. The highest BCUT2D eigenvalue weighted by Gasteiger charge is 2.30. The standard InChI is InChI=1S/C11H18N2O3S/c1-2-5-17-7-10-12-11(16-13-10)8-6-15-4-3-9(8)14/h8-9,14H,2-7H2,1H3. The topological polar surface area (TPSA) is 68.4 Å². The summed E-state index contributed by atoms with van der Waals surface area (Å²) in [5.74, 6) is 2.90. The fourth-order valence-corrected chi connectivity index (χ4v) is 2.48. The van der Waals surface area contributed by atoms with Crippen LogP contribution in [0.1, 0.15) is 37.4 Å². The van der Waals surface area contributed by atoms with E-state index in [0.29, 0.717) is 31.3 Å². The van der Waals surface area contributed by atoms with Crippen LogP contribution in [0.15, 0.2) is 4.52 Å². The third-order valence-corrected chi connectivity index (χ3v) is 3.86. The highest BCUT2D eigenvalue weighted by atomic mass is 32.2. The minimum Gasteiger partial charge on any atom is -0.392 e. The summed E-state index contributed by atoms with van der Waals surface area (Å²) in [6, 6.07) is 0. The van der Waals surface area contributed by atoms with E-state index in [4.69, 9.17) is 9.26 Å². The number of hydrogen-bond acceptors (Lipinski definition) is 6. The molecule has 1 aliphatic rings. The molecule has 17 heavy (non-hydrogen) atoms. The second-order valence-corrected chi connectivity index (χ2v) is 5.24. The molecule has 0 spiro atoms. The van der Waals surface area contributed by atoms with E-state index in [-0.39, 0.29) is 5.92 Å². The third kappa shape index (κ3) is 3.43. The summed E-state index contributed by atoms with van der Waals surface area (Å²) in [7, 11) is 0. The Morgan fingerprint density at radius 2 is 2.41 bits per heavy atom. The van der Waals surface area contributed by atoms with Crippen molar-refractivity contribution in [1.29, 1.82) is 0 Å². The maximum absolute atomic E-state index is 9.83. The zero-order valence-electron chi connectivity index (χ0n) is 9.96. The highest BCUT2D eigenvalue weighted by molar-refractivity contribution is 7.98. The molecule has 1 fully saturated rings. The minimum atomic E-state index is -0.430. The average Bonchev–Trinajstić information content (AvgIpc) is 2.79. The second-order valence-electron chi connectivity index (χ2n) is 4.14. The molecule has 0 saturated carbocycles. The van der Waals surface area contributed by atoms with Gasteiger partial charge in [-0.15, -0.1) is 0 Å². The molecule has 0 aromatic carbocycles. The maximum atomic E-state index is 9.83. The Bertz CT molecular complexity index is 345. The molecule has 2 rings (SSSR count). The van der Waals surface area contributed by atoms with Crippen molar-refractivity contribution in [2.24, 2.45) is 0 Å². The molecular formula is C11H18N2O3S. The molecule has 0 radical (unpaired) electrons. The van der Waals surface area contributed by atoms with E-state index in [1.54, 1.807) is 11.8 Å². The number of nitrogens with zero attached hydrogens (tertiary/aromatic N) is 2. The fourth-order valence-electron chi connectivity index (χ4n) is 1.75. The maximum Gasteiger partial charge on any atom is 0.234 e. The van der Waals surface area contributed by atoms with Gasteiger partial charge in [-0.25, -0.2) is 0 Å². The van der Waals surface area contributed by atoms with Gasteiger partial charge in [0.05, 0.1) is 24.4 Å². The van der Waals surface area contributed by atoms with Gasteiger partial charge in [-0.1, -0.05) is 12.1 Å². The lowest BCUT2D eigenvalue weighted by Crippen LogP contribution is -2.30. The summed E-state index contributed by atoms with van der Waals surface area (Å²) in [6.07, 6.45) is 1.35. The van der Waals surface area contributed by atoms with Crippen molar-refractivity contribution < 1.29 is 14.4 Å². The van der Waals surface area contributed by atoms with Gasteiger partial charge < -0.3 is 14.4 Å². The number of hydrogen-bond donors (Lipinski definition) is 1. The van der Waals surface area contributed by atoms with Crippen LogP contribution in [0.3, 0.4) is 0 Å². The summed E-state index contributed by atoms with van der Waals surface area (Å²) >= 11 is 1.79. The van der Waals surface area contributed by atoms with Gasteiger partial charge in [0.2, 0.25) is 5.89 Å². The Morgan fingerprint density at radius 3 is 3.18 bits per heavy atom. The summed E-state index contributed by atoms with van der Waals surface area (Å²) in [6.45, 7) is 3.21. The van der Waals surface area contributed by atoms with Crippen LogP contribution in [0.2, 0.25) is 0 Å². The fraction of sp³-hybridized carbons (Fsp3) is 0.818. The van der Waals surface area contributed by atoms with Crippen LogP contribution in [-0.4, -0.2) is 40.3 Å². The molecule has 0 bridgehead atoms. The smallest absolute Gasteiger partial charge is 0.234 e. The minimum absolute atomic E-state index is 0.166. The number of aromatic nitrogens is 2. The monoisotopic (exact) mass is 258 g/mol. The number of rotatable bonds is 5. The van der Waals surface area contributed by atoms with Crippen molar-refractivity contribution in [3.05, 3.63) is 11.7 Å². The van der Waals surface area contributed by atoms with Gasteiger partial charge >= 0.3 is 0 Å². The Balaban J connectivity index is 1.92. The zero-order valence-corrected chi connectivity index (χ0v) is 10.8. The predicted molar refractivity (Wildman–Crippen MR) is 64.9 cm³/mol. The van der Waals surface area contributed by atoms with Crippen LogP contribution in [0.5, 0.6) is 0 Å². The van der Waals surface area contributed by atoms with Crippen molar-refractivity contribution in [2.45, 2.75) is 37.5 Å². The molecule has 1 aliphatic heterocycles. The molecule has 2 unspecified atom stereocenters. The van der Waals surface area contributed by atoms with Crippen LogP contribution in [0.4, 0.5) is 0 Å². The Morgan fingerprint density at radius 1 is 1.53 bits per heavy atom. The number of aliphatic hydroxyl groups is 1. The lowest BCUT2D eigenvalue weighted by molar-refractivity contribution is -0.0149. The van der Waals surface area contributed by atoms with Gasteiger partial charge in [0.1, 0.15) is 0 Å². The first kappa shape index (κ1) is 12.9. The van der Waals surface area contributed by atoms with Crippen LogP contribution in [-0.2, 0) is 10.5 Å². The molecule has 1 N–H and O–H groups in total. The molecule has 2 atom stereocenters. The molecule has 96 valence electrons. The van der Waals surface area contributed by atoms with Gasteiger partial charge in [0, 0.05) is 6.61 Å². The van der Waals surface area contributed by atoms with Gasteiger partial charge in [0.15, 0.2) is 5.82 Å². The van der Waals surface area contributed by atoms with Gasteiger partial charge in [-0.2, -0.15) is 16.7 Å². The Hall–Kier alpha value is -0.590. The molecule has 1 aromatic rings. The van der Waals surface area contributed by atoms with Crippen molar-refractivity contribution >= 4 is 11.8 Å². The summed E-state index contributed by atoms with van der Waals surface area (Å²) in [5, 5.41) is 13.8. The lowest BCUT2D eigenvalue weighted by atomic mass is 9.99. The van der Waals surface area contributed by atoms with Crippen molar-refractivity contribution in [2.75, 3.05) is 19.0 Å². The number of ether oxygens (including phenoxy) is 1. The van der Waals surface area contributed by atoms with E-state index in [1.807, 2.05) is 0 Å². The molecule has 0 amide bonds. The first-order valence-corrected chi connectivity index (χ1v) is 7.12. The van der Waals surface area contributed by atoms with E-state index in [9.17, 15) is 5.11 Å². The normalized spacial score (nSPS) is 25.1. The predicted octanol–water partition coefficient (Wildman–Crippen LogP) is 1.58. The zero-order chi connectivity index (χ0) is 12.1. The number of aliphatic hydroxyl groups excluding tert-OH is 1. The Labute approximate surface area is 105 Å². The summed E-state index contributed by atoms with van der Waals surface area (Å²) in [5.41, 5.74) is 0. The van der Waals surface area contributed by atoms with Gasteiger partial charge in [0.25, 0.3) is 0 Å². The first-order chi connectivity index (χ1) is 8.31. The van der Waals surface area contributed by atoms with E-state index in [2.05, 4.69) is 17.1 Å². The molecule has 1 saturated heterocycles.